The Kier molecular flexibility index (Phi) is 9.44. The number of primary sulfonamides is 1. The molecular weight excluding hydrogens is 604 g/mol. The second kappa shape index (κ2) is 13.3. The predicted octanol–water partition coefficient (Wildman–Crippen LogP) is 7.98. The van der Waals surface area contributed by atoms with Crippen molar-refractivity contribution in [3.63, 3.8) is 0 Å². The fraction of sp³-hybridized carbons (Fsp3) is 0.162. The third-order valence-electron chi connectivity index (χ3n) is 8.19. The minimum Gasteiger partial charge on any atom is -0.507 e. The van der Waals surface area contributed by atoms with Gasteiger partial charge in [0.2, 0.25) is 10.0 Å². The number of amides is 1. The number of phenolic OH excluding ortho intramolecular Hbond substituents is 1. The van der Waals surface area contributed by atoms with Crippen LogP contribution in [-0.2, 0) is 21.9 Å². The number of carbonyl (C=O) groups is 1. The molecule has 0 unspecified atom stereocenters. The van der Waals surface area contributed by atoms with Crippen molar-refractivity contribution in [2.24, 2.45) is 5.14 Å². The Hall–Kier alpha value is -4.43. The molecule has 5 aromatic carbocycles. The molecule has 0 atom stereocenters. The SMILES string of the molecule is CCCCc1cc(S(N)(=O)=O)c(C)c(C(=O)Nc2ccc(C(c3ccccc3)(c3ccccc3)c3ccccc3Cl)cc2)c1O. The number of hydrogen-bond donors (Lipinski definition) is 3. The van der Waals surface area contributed by atoms with Crippen LogP contribution in [0.2, 0.25) is 5.02 Å². The number of unbranched alkanes of at least 4 members (excludes halogenated alkanes) is 1. The first-order chi connectivity index (χ1) is 21.6. The highest BCUT2D eigenvalue weighted by molar-refractivity contribution is 7.89. The maximum absolute atomic E-state index is 13.6. The van der Waals surface area contributed by atoms with E-state index in [1.165, 1.54) is 13.0 Å². The minimum atomic E-state index is -4.13. The number of aryl methyl sites for hydroxylation is 1. The number of rotatable bonds is 10. The molecule has 0 aliphatic heterocycles. The van der Waals surface area contributed by atoms with Gasteiger partial charge >= 0.3 is 0 Å². The number of nitrogens with two attached hydrogens (primary N) is 1. The summed E-state index contributed by atoms with van der Waals surface area (Å²) >= 11 is 6.91. The number of hydrogen-bond acceptors (Lipinski definition) is 4. The van der Waals surface area contributed by atoms with Gasteiger partial charge in [-0.25, -0.2) is 13.6 Å². The smallest absolute Gasteiger partial charge is 0.259 e. The third-order valence-corrected chi connectivity index (χ3v) is 9.56. The van der Waals surface area contributed by atoms with Crippen LogP contribution in [0.4, 0.5) is 5.69 Å². The Bertz CT molecular complexity index is 1890. The normalized spacial score (nSPS) is 11.7. The zero-order chi connectivity index (χ0) is 32.2. The Morgan fingerprint density at radius 2 is 1.38 bits per heavy atom. The van der Waals surface area contributed by atoms with Gasteiger partial charge in [-0.15, -0.1) is 0 Å². The van der Waals surface area contributed by atoms with Crippen LogP contribution >= 0.6 is 11.6 Å². The molecule has 8 heteroatoms. The molecule has 0 fully saturated rings. The number of halogens is 1. The van der Waals surface area contributed by atoms with Crippen molar-refractivity contribution in [2.45, 2.75) is 43.4 Å². The molecule has 4 N–H and O–H groups in total. The molecule has 0 bridgehead atoms. The Morgan fingerprint density at radius 1 is 0.844 bits per heavy atom. The average Bonchev–Trinajstić information content (AvgIpc) is 3.03. The van der Waals surface area contributed by atoms with Crippen LogP contribution in [0.15, 0.2) is 120 Å². The van der Waals surface area contributed by atoms with Crippen molar-refractivity contribution in [3.05, 3.63) is 159 Å². The predicted molar refractivity (Wildman–Crippen MR) is 181 cm³/mol. The molecule has 230 valence electrons. The molecule has 0 aliphatic carbocycles. The molecule has 45 heavy (non-hydrogen) atoms. The van der Waals surface area contributed by atoms with Gasteiger partial charge in [-0.1, -0.05) is 116 Å². The summed E-state index contributed by atoms with van der Waals surface area (Å²) in [6.07, 6.45) is 1.94. The zero-order valence-corrected chi connectivity index (χ0v) is 26.7. The van der Waals surface area contributed by atoms with Gasteiger partial charge < -0.3 is 10.4 Å². The summed E-state index contributed by atoms with van der Waals surface area (Å²) < 4.78 is 24.8. The van der Waals surface area contributed by atoms with Crippen LogP contribution in [0.3, 0.4) is 0 Å². The van der Waals surface area contributed by atoms with Crippen LogP contribution < -0.4 is 10.5 Å². The van der Waals surface area contributed by atoms with E-state index in [4.69, 9.17) is 16.7 Å². The number of phenols is 1. The van der Waals surface area contributed by atoms with E-state index in [-0.39, 0.29) is 21.8 Å². The van der Waals surface area contributed by atoms with Gasteiger partial charge in [0.1, 0.15) is 5.75 Å². The van der Waals surface area contributed by atoms with E-state index in [2.05, 4.69) is 29.6 Å². The van der Waals surface area contributed by atoms with E-state index < -0.39 is 21.3 Å². The van der Waals surface area contributed by atoms with Crippen molar-refractivity contribution in [1.82, 2.24) is 0 Å². The second-order valence-electron chi connectivity index (χ2n) is 11.0. The van der Waals surface area contributed by atoms with E-state index >= 15 is 0 Å². The first-order valence-corrected chi connectivity index (χ1v) is 16.7. The molecule has 0 radical (unpaired) electrons. The highest BCUT2D eigenvalue weighted by Gasteiger charge is 2.39. The van der Waals surface area contributed by atoms with Crippen LogP contribution in [0.5, 0.6) is 5.75 Å². The molecule has 0 saturated heterocycles. The van der Waals surface area contributed by atoms with Crippen molar-refractivity contribution in [2.75, 3.05) is 5.32 Å². The van der Waals surface area contributed by atoms with Gasteiger partial charge in [0, 0.05) is 10.7 Å². The average molecular weight is 639 g/mol. The molecule has 0 heterocycles. The number of aromatic hydroxyl groups is 1. The summed E-state index contributed by atoms with van der Waals surface area (Å²) in [5.74, 6) is -0.877. The second-order valence-corrected chi connectivity index (χ2v) is 13.0. The van der Waals surface area contributed by atoms with Crippen molar-refractivity contribution in [3.8, 4) is 5.75 Å². The van der Waals surface area contributed by atoms with Gasteiger partial charge in [-0.2, -0.15) is 0 Å². The van der Waals surface area contributed by atoms with E-state index in [1.807, 2.05) is 79.7 Å². The summed E-state index contributed by atoms with van der Waals surface area (Å²) in [4.78, 5) is 13.4. The van der Waals surface area contributed by atoms with Gasteiger partial charge in [0.05, 0.1) is 15.9 Å². The first-order valence-electron chi connectivity index (χ1n) is 14.7. The van der Waals surface area contributed by atoms with E-state index in [0.717, 1.165) is 28.7 Å². The lowest BCUT2D eigenvalue weighted by atomic mass is 9.65. The Balaban J connectivity index is 1.62. The lowest BCUT2D eigenvalue weighted by Gasteiger charge is -2.37. The highest BCUT2D eigenvalue weighted by atomic mass is 35.5. The molecule has 5 rings (SSSR count). The summed E-state index contributed by atoms with van der Waals surface area (Å²) in [5.41, 5.74) is 3.88. The summed E-state index contributed by atoms with van der Waals surface area (Å²) in [7, 11) is -4.13. The summed E-state index contributed by atoms with van der Waals surface area (Å²) in [6.45, 7) is 3.46. The number of anilines is 1. The van der Waals surface area contributed by atoms with E-state index in [9.17, 15) is 18.3 Å². The van der Waals surface area contributed by atoms with Gasteiger partial charge in [0.15, 0.2) is 0 Å². The molecule has 1 amide bonds. The van der Waals surface area contributed by atoms with Crippen LogP contribution in [0.25, 0.3) is 0 Å². The number of sulfonamides is 1. The van der Waals surface area contributed by atoms with Crippen molar-refractivity contribution >= 4 is 33.2 Å². The zero-order valence-electron chi connectivity index (χ0n) is 25.1. The first kappa shape index (κ1) is 32.0. The van der Waals surface area contributed by atoms with E-state index in [0.29, 0.717) is 29.1 Å². The largest absolute Gasteiger partial charge is 0.507 e. The number of nitrogens with one attached hydrogen (secondary N) is 1. The monoisotopic (exact) mass is 638 g/mol. The fourth-order valence-electron chi connectivity index (χ4n) is 6.03. The Labute approximate surface area is 269 Å². The van der Waals surface area contributed by atoms with Crippen LogP contribution in [0.1, 0.15) is 63.5 Å². The number of benzene rings is 5. The van der Waals surface area contributed by atoms with Crippen LogP contribution in [-0.4, -0.2) is 19.4 Å². The molecule has 6 nitrogen and oxygen atoms in total. The molecule has 0 saturated carbocycles. The van der Waals surface area contributed by atoms with E-state index in [1.54, 1.807) is 12.1 Å². The van der Waals surface area contributed by atoms with Crippen LogP contribution in [0, 0.1) is 6.92 Å². The molecule has 0 aromatic heterocycles. The van der Waals surface area contributed by atoms with Crippen molar-refractivity contribution < 1.29 is 18.3 Å². The lowest BCUT2D eigenvalue weighted by Crippen LogP contribution is -2.31. The fourth-order valence-corrected chi connectivity index (χ4v) is 7.15. The van der Waals surface area contributed by atoms with Gasteiger partial charge in [-0.3, -0.25) is 4.79 Å². The molecule has 5 aromatic rings. The molecule has 0 spiro atoms. The standard InChI is InChI=1S/C37H35ClN2O4S/c1-3-4-13-26-24-33(45(39,43)44)25(2)34(35(26)41)36(42)40-30-22-20-29(21-23-30)37(27-14-7-5-8-15-27,28-16-9-6-10-17-28)31-18-11-12-19-32(31)38/h5-12,14-24,41H,3-4,13H2,1-2H3,(H,40,42)(H2,39,43,44). The minimum absolute atomic E-state index is 0.0928. The molecular formula is C37H35ClN2O4S. The number of carbonyl (C=O) groups excluding carboxylic acids is 1. The quantitative estimate of drug-likeness (QED) is 0.135. The summed E-state index contributed by atoms with van der Waals surface area (Å²) in [5, 5.41) is 20.0. The third kappa shape index (κ3) is 6.25. The van der Waals surface area contributed by atoms with Gasteiger partial charge in [-0.05, 0) is 77.4 Å². The van der Waals surface area contributed by atoms with Crippen molar-refractivity contribution in [1.29, 1.82) is 0 Å². The maximum atomic E-state index is 13.6. The molecule has 0 aliphatic rings. The van der Waals surface area contributed by atoms with Gasteiger partial charge in [0.25, 0.3) is 5.91 Å². The topological polar surface area (TPSA) is 109 Å². The lowest BCUT2D eigenvalue weighted by molar-refractivity contribution is 0.102. The highest BCUT2D eigenvalue weighted by Crippen LogP contribution is 2.47. The summed E-state index contributed by atoms with van der Waals surface area (Å²) in [6, 6.07) is 36.8. The maximum Gasteiger partial charge on any atom is 0.259 e. The Morgan fingerprint density at radius 3 is 1.91 bits per heavy atom.